The van der Waals surface area contributed by atoms with Crippen LogP contribution < -0.4 is 10.4 Å². The Hall–Kier alpha value is -4.22. The Labute approximate surface area is 242 Å². The van der Waals surface area contributed by atoms with Crippen LogP contribution in [0.3, 0.4) is 0 Å². The Bertz CT molecular complexity index is 1480. The van der Waals surface area contributed by atoms with Gasteiger partial charge in [0.25, 0.3) is 5.56 Å². The molecular weight excluding hydrogens is 546 g/mol. The number of ether oxygens (including phenoxy) is 1. The lowest BCUT2D eigenvalue weighted by Gasteiger charge is -2.24. The Balaban J connectivity index is 1.91. The minimum atomic E-state index is -1.55. The second kappa shape index (κ2) is 12.7. The maximum absolute atomic E-state index is 13.7. The van der Waals surface area contributed by atoms with Gasteiger partial charge in [0.05, 0.1) is 18.2 Å². The number of fused-ring (bicyclic) bond motifs is 3. The van der Waals surface area contributed by atoms with Gasteiger partial charge >= 0.3 is 5.97 Å². The third-order valence-corrected chi connectivity index (χ3v) is 7.59. The van der Waals surface area contributed by atoms with Crippen molar-refractivity contribution in [2.45, 2.75) is 70.7 Å². The number of nitrogens with zero attached hydrogens (tertiary/aromatic N) is 1. The average molecular weight is 582 g/mol. The number of cyclic esters (lactones) is 1. The molecule has 11 nitrogen and oxygen atoms in total. The van der Waals surface area contributed by atoms with Crippen LogP contribution in [0.4, 0.5) is 0 Å². The number of phenolic OH excluding ortho intramolecular Hbond substituents is 1. The molecule has 11 heteroatoms. The maximum atomic E-state index is 13.7. The Kier molecular flexibility index (Phi) is 9.33. The number of pyridine rings is 1. The number of rotatable bonds is 7. The van der Waals surface area contributed by atoms with Crippen molar-refractivity contribution in [3.8, 4) is 22.6 Å². The number of aromatic nitrogens is 1. The summed E-state index contributed by atoms with van der Waals surface area (Å²) in [6, 6.07) is 5.57. The van der Waals surface area contributed by atoms with Crippen LogP contribution in [0.5, 0.6) is 11.5 Å². The van der Waals surface area contributed by atoms with Gasteiger partial charge in [-0.15, -0.1) is 4.73 Å². The van der Waals surface area contributed by atoms with Gasteiger partial charge in [0, 0.05) is 24.5 Å². The molecule has 224 valence electrons. The highest BCUT2D eigenvalue weighted by Gasteiger charge is 2.48. The first-order chi connectivity index (χ1) is 20.0. The molecule has 2 aliphatic rings. The van der Waals surface area contributed by atoms with Crippen LogP contribution in [-0.4, -0.2) is 67.6 Å². The topological polar surface area (TPSA) is 173 Å². The van der Waals surface area contributed by atoms with Gasteiger partial charge in [-0.1, -0.05) is 36.8 Å². The highest BCUT2D eigenvalue weighted by atomic mass is 16.7. The van der Waals surface area contributed by atoms with Gasteiger partial charge in [0.1, 0.15) is 34.9 Å². The van der Waals surface area contributed by atoms with Crippen molar-refractivity contribution in [1.29, 1.82) is 0 Å². The van der Waals surface area contributed by atoms with E-state index >= 15 is 0 Å². The average Bonchev–Trinajstić information content (AvgIpc) is 3.35. The molecular formula is C31H35NO10. The minimum absolute atomic E-state index is 0.0503. The zero-order chi connectivity index (χ0) is 30.7. The van der Waals surface area contributed by atoms with Crippen LogP contribution in [0, 0.1) is 5.92 Å². The largest absolute Gasteiger partial charge is 0.508 e. The zero-order valence-corrected chi connectivity index (χ0v) is 23.6. The van der Waals surface area contributed by atoms with Crippen LogP contribution in [0.2, 0.25) is 0 Å². The second-order valence-corrected chi connectivity index (χ2v) is 10.7. The molecule has 0 spiro atoms. The molecule has 0 saturated carbocycles. The molecule has 4 rings (SSSR count). The van der Waals surface area contributed by atoms with Crippen molar-refractivity contribution in [3.05, 3.63) is 69.7 Å². The van der Waals surface area contributed by atoms with Gasteiger partial charge in [-0.3, -0.25) is 19.2 Å². The van der Waals surface area contributed by atoms with Crippen molar-refractivity contribution in [2.24, 2.45) is 5.92 Å². The first-order valence-corrected chi connectivity index (χ1v) is 13.9. The number of benzene rings is 1. The smallest absolute Gasteiger partial charge is 0.308 e. The molecule has 0 amide bonds. The van der Waals surface area contributed by atoms with E-state index in [1.54, 1.807) is 19.9 Å². The molecule has 3 heterocycles. The van der Waals surface area contributed by atoms with E-state index in [0.717, 1.165) is 10.8 Å². The Morgan fingerprint density at radius 2 is 1.83 bits per heavy atom. The molecule has 1 aromatic heterocycles. The summed E-state index contributed by atoms with van der Waals surface area (Å²) in [6.45, 7) is 5.19. The van der Waals surface area contributed by atoms with Gasteiger partial charge in [-0.2, -0.15) is 0 Å². The fourth-order valence-electron chi connectivity index (χ4n) is 5.28. The fourth-order valence-corrected chi connectivity index (χ4v) is 5.28. The van der Waals surface area contributed by atoms with Crippen LogP contribution >= 0.6 is 0 Å². The van der Waals surface area contributed by atoms with Gasteiger partial charge in [-0.25, -0.2) is 0 Å². The molecule has 2 aromatic rings. The van der Waals surface area contributed by atoms with E-state index in [9.17, 15) is 39.6 Å². The Morgan fingerprint density at radius 1 is 1.14 bits per heavy atom. The number of aliphatic hydroxyl groups is 2. The summed E-state index contributed by atoms with van der Waals surface area (Å²) in [4.78, 5) is 58.8. The van der Waals surface area contributed by atoms with E-state index in [-0.39, 0.29) is 47.9 Å². The SMILES string of the molecule is CC[C@H](/C=C(C)/C=C/C(=O)c1c(O)c(-c2ccc(O)cc2)c2n(c1=O)O[C@@H]1[C@@H]2C(=O)CC[C@H](C)OC(=O)C[C@@H]1O)CO. The quantitative estimate of drug-likeness (QED) is 0.165. The van der Waals surface area contributed by atoms with Crippen molar-refractivity contribution in [1.82, 2.24) is 4.73 Å². The first kappa shape index (κ1) is 30.7. The number of esters is 1. The van der Waals surface area contributed by atoms with Crippen LogP contribution in [0.15, 0.2) is 52.9 Å². The number of aromatic hydroxyl groups is 2. The summed E-state index contributed by atoms with van der Waals surface area (Å²) in [5, 5.41) is 41.7. The van der Waals surface area contributed by atoms with Gasteiger partial charge < -0.3 is 30.0 Å². The summed E-state index contributed by atoms with van der Waals surface area (Å²) in [5.74, 6) is -4.10. The van der Waals surface area contributed by atoms with Gasteiger partial charge in [0.2, 0.25) is 0 Å². The molecule has 1 aromatic carbocycles. The highest BCUT2D eigenvalue weighted by molar-refractivity contribution is 6.08. The predicted octanol–water partition coefficient (Wildman–Crippen LogP) is 2.57. The van der Waals surface area contributed by atoms with Crippen molar-refractivity contribution in [3.63, 3.8) is 0 Å². The second-order valence-electron chi connectivity index (χ2n) is 10.7. The summed E-state index contributed by atoms with van der Waals surface area (Å²) < 4.78 is 5.99. The molecule has 1 saturated heterocycles. The van der Waals surface area contributed by atoms with Crippen molar-refractivity contribution < 1.29 is 44.4 Å². The molecule has 0 radical (unpaired) electrons. The van der Waals surface area contributed by atoms with E-state index in [4.69, 9.17) is 9.57 Å². The summed E-state index contributed by atoms with van der Waals surface area (Å²) in [5.41, 5.74) is -0.858. The van der Waals surface area contributed by atoms with E-state index in [0.29, 0.717) is 12.0 Å². The summed E-state index contributed by atoms with van der Waals surface area (Å²) in [6.07, 6.45) is 1.14. The van der Waals surface area contributed by atoms with Crippen molar-refractivity contribution in [2.75, 3.05) is 6.61 Å². The number of phenols is 1. The molecule has 0 aliphatic carbocycles. The zero-order valence-electron chi connectivity index (χ0n) is 23.6. The predicted molar refractivity (Wildman–Crippen MR) is 151 cm³/mol. The maximum Gasteiger partial charge on any atom is 0.308 e. The lowest BCUT2D eigenvalue weighted by molar-refractivity contribution is -0.155. The number of aliphatic hydroxyl groups excluding tert-OH is 2. The third-order valence-electron chi connectivity index (χ3n) is 7.59. The summed E-state index contributed by atoms with van der Waals surface area (Å²) in [7, 11) is 0. The molecule has 0 unspecified atom stereocenters. The standard InChI is InChI=1S/C31H35NO10/c1-4-18(15-33)13-16(2)5-11-22(36)27-29(39)25(19-7-9-20(34)10-8-19)28-26-21(35)12-6-17(3)41-24(38)14-23(37)30(26)42-32(28)31(27)40/h5,7-11,13,17-18,23,26,30,33-34,37,39H,4,6,12,14-15H2,1-3H3/b11-5+,16-13+/t17-,18+,23-,26+,30-/m0/s1. The van der Waals surface area contributed by atoms with Crippen LogP contribution in [0.1, 0.15) is 68.4 Å². The number of Topliss-reactive ketones (excluding diaryl/α,β-unsaturated/α-hetero) is 1. The van der Waals surface area contributed by atoms with Crippen LogP contribution in [-0.2, 0) is 14.3 Å². The van der Waals surface area contributed by atoms with E-state index in [2.05, 4.69) is 0 Å². The number of carbonyl (C=O) groups is 3. The molecule has 42 heavy (non-hydrogen) atoms. The van der Waals surface area contributed by atoms with Crippen molar-refractivity contribution >= 4 is 17.5 Å². The number of ketones is 2. The minimum Gasteiger partial charge on any atom is -0.508 e. The molecule has 2 aliphatic heterocycles. The monoisotopic (exact) mass is 581 g/mol. The molecule has 4 N–H and O–H groups in total. The molecule has 5 atom stereocenters. The number of carbonyl (C=O) groups excluding carboxylic acids is 3. The van der Waals surface area contributed by atoms with Gasteiger partial charge in [0.15, 0.2) is 11.9 Å². The lowest BCUT2D eigenvalue weighted by atomic mass is 9.83. The third kappa shape index (κ3) is 6.17. The van der Waals surface area contributed by atoms with Gasteiger partial charge in [-0.05, 0) is 50.5 Å². The lowest BCUT2D eigenvalue weighted by Crippen LogP contribution is -2.41. The normalized spacial score (nSPS) is 23.6. The van der Waals surface area contributed by atoms with E-state index in [1.165, 1.54) is 30.3 Å². The van der Waals surface area contributed by atoms with E-state index < -0.39 is 65.1 Å². The first-order valence-electron chi connectivity index (χ1n) is 13.9. The highest BCUT2D eigenvalue weighted by Crippen LogP contribution is 2.43. The number of hydrogen-bond acceptors (Lipinski definition) is 10. The molecule has 1 fully saturated rings. The van der Waals surface area contributed by atoms with E-state index in [1.807, 2.05) is 6.92 Å². The van der Waals surface area contributed by atoms with Crippen LogP contribution in [0.25, 0.3) is 11.1 Å². The summed E-state index contributed by atoms with van der Waals surface area (Å²) >= 11 is 0. The Morgan fingerprint density at radius 3 is 2.48 bits per heavy atom. The number of allylic oxidation sites excluding steroid dienone is 3. The number of hydrogen-bond donors (Lipinski definition) is 4. The fraction of sp³-hybridized carbons (Fsp3) is 0.419. The molecule has 0 bridgehead atoms.